The van der Waals surface area contributed by atoms with Crippen molar-refractivity contribution in [2.75, 3.05) is 38.7 Å². The highest BCUT2D eigenvalue weighted by atomic mass is 16.5. The molecule has 5 nitrogen and oxygen atoms in total. The molecule has 21 heavy (non-hydrogen) atoms. The molecule has 0 radical (unpaired) electrons. The molecule has 1 fully saturated rings. The molecule has 1 atom stereocenters. The number of rotatable bonds is 6. The Morgan fingerprint density at radius 2 is 2.38 bits per heavy atom. The van der Waals surface area contributed by atoms with E-state index in [0.29, 0.717) is 11.6 Å². The van der Waals surface area contributed by atoms with Crippen molar-refractivity contribution in [1.82, 2.24) is 9.88 Å². The summed E-state index contributed by atoms with van der Waals surface area (Å²) >= 11 is 0. The molecular formula is C16H25N3O2. The lowest BCUT2D eigenvalue weighted by atomic mass is 9.98. The number of hydrogen-bond donors (Lipinski definition) is 1. The summed E-state index contributed by atoms with van der Waals surface area (Å²) in [7, 11) is 1.71. The lowest BCUT2D eigenvalue weighted by Crippen LogP contribution is -2.41. The lowest BCUT2D eigenvalue weighted by Gasteiger charge is -2.32. The molecule has 1 aromatic rings. The summed E-state index contributed by atoms with van der Waals surface area (Å²) in [6, 6.07) is 3.73. The standard InChI is InChI=1S/C16H25N3O2/c1-3-8-17-14-6-7-15(18-10-14)16(20)19-9-4-5-13(11-19)12-21-2/h6-7,10,13,17H,3-5,8-9,11-12H2,1-2H3. The molecule has 1 unspecified atom stereocenters. The van der Waals surface area contributed by atoms with Gasteiger partial charge in [-0.15, -0.1) is 0 Å². The Bertz CT molecular complexity index is 445. The van der Waals surface area contributed by atoms with Gasteiger partial charge < -0.3 is 15.0 Å². The van der Waals surface area contributed by atoms with Gasteiger partial charge in [0, 0.05) is 26.7 Å². The van der Waals surface area contributed by atoms with Crippen LogP contribution in [0.5, 0.6) is 0 Å². The molecule has 0 bridgehead atoms. The smallest absolute Gasteiger partial charge is 0.272 e. The fourth-order valence-corrected chi connectivity index (χ4v) is 2.68. The van der Waals surface area contributed by atoms with E-state index in [1.54, 1.807) is 19.4 Å². The number of nitrogens with zero attached hydrogens (tertiary/aromatic N) is 2. The molecule has 1 saturated heterocycles. The van der Waals surface area contributed by atoms with Gasteiger partial charge in [-0.25, -0.2) is 4.98 Å². The molecule has 5 heteroatoms. The van der Waals surface area contributed by atoms with E-state index in [1.165, 1.54) is 0 Å². The summed E-state index contributed by atoms with van der Waals surface area (Å²) in [6.45, 7) is 5.34. The van der Waals surface area contributed by atoms with Crippen molar-refractivity contribution in [2.24, 2.45) is 5.92 Å². The minimum Gasteiger partial charge on any atom is -0.384 e. The molecule has 1 aliphatic heterocycles. The van der Waals surface area contributed by atoms with Crippen molar-refractivity contribution in [2.45, 2.75) is 26.2 Å². The van der Waals surface area contributed by atoms with Crippen molar-refractivity contribution in [3.8, 4) is 0 Å². The first-order chi connectivity index (χ1) is 10.2. The highest BCUT2D eigenvalue weighted by Gasteiger charge is 2.24. The Hall–Kier alpha value is -1.62. The summed E-state index contributed by atoms with van der Waals surface area (Å²) in [4.78, 5) is 18.7. The largest absolute Gasteiger partial charge is 0.384 e. The zero-order valence-corrected chi connectivity index (χ0v) is 13.0. The van der Waals surface area contributed by atoms with Gasteiger partial charge in [-0.1, -0.05) is 6.92 Å². The summed E-state index contributed by atoms with van der Waals surface area (Å²) in [5, 5.41) is 3.26. The van der Waals surface area contributed by atoms with Gasteiger partial charge in [0.05, 0.1) is 18.5 Å². The van der Waals surface area contributed by atoms with Crippen molar-refractivity contribution in [3.63, 3.8) is 0 Å². The van der Waals surface area contributed by atoms with E-state index < -0.39 is 0 Å². The highest BCUT2D eigenvalue weighted by Crippen LogP contribution is 2.18. The molecule has 1 amide bonds. The van der Waals surface area contributed by atoms with Gasteiger partial charge in [0.2, 0.25) is 0 Å². The Labute approximate surface area is 126 Å². The molecule has 2 heterocycles. The molecule has 1 N–H and O–H groups in total. The van der Waals surface area contributed by atoms with Crippen LogP contribution in [0, 0.1) is 5.92 Å². The Morgan fingerprint density at radius 3 is 3.05 bits per heavy atom. The third-order valence-corrected chi connectivity index (χ3v) is 3.77. The number of methoxy groups -OCH3 is 1. The van der Waals surface area contributed by atoms with E-state index >= 15 is 0 Å². The third kappa shape index (κ3) is 4.43. The predicted molar refractivity (Wildman–Crippen MR) is 83.5 cm³/mol. The first-order valence-electron chi connectivity index (χ1n) is 7.72. The molecular weight excluding hydrogens is 266 g/mol. The minimum absolute atomic E-state index is 0.0258. The number of hydrogen-bond acceptors (Lipinski definition) is 4. The van der Waals surface area contributed by atoms with Crippen LogP contribution in [0.1, 0.15) is 36.7 Å². The Kier molecular flexibility index (Phi) is 5.99. The molecule has 116 valence electrons. The number of likely N-dealkylation sites (tertiary alicyclic amines) is 1. The van der Waals surface area contributed by atoms with Crippen molar-refractivity contribution < 1.29 is 9.53 Å². The molecule has 0 saturated carbocycles. The van der Waals surface area contributed by atoms with Gasteiger partial charge >= 0.3 is 0 Å². The summed E-state index contributed by atoms with van der Waals surface area (Å²) in [6.07, 6.45) is 4.97. The first kappa shape index (κ1) is 15.8. The number of piperidine rings is 1. The van der Waals surface area contributed by atoms with Crippen molar-refractivity contribution >= 4 is 11.6 Å². The maximum atomic E-state index is 12.5. The summed E-state index contributed by atoms with van der Waals surface area (Å²) in [5.41, 5.74) is 1.49. The van der Waals surface area contributed by atoms with Gasteiger partial charge in [0.25, 0.3) is 5.91 Å². The maximum absolute atomic E-state index is 12.5. The zero-order valence-electron chi connectivity index (χ0n) is 13.0. The van der Waals surface area contributed by atoms with Gasteiger partial charge in [0.1, 0.15) is 5.69 Å². The van der Waals surface area contributed by atoms with Crippen LogP contribution in [-0.4, -0.2) is 49.1 Å². The highest BCUT2D eigenvalue weighted by molar-refractivity contribution is 5.92. The Morgan fingerprint density at radius 1 is 1.52 bits per heavy atom. The maximum Gasteiger partial charge on any atom is 0.272 e. The molecule has 0 aromatic carbocycles. The fraction of sp³-hybridized carbons (Fsp3) is 0.625. The van der Waals surface area contributed by atoms with E-state index in [4.69, 9.17) is 4.74 Å². The average molecular weight is 291 g/mol. The first-order valence-corrected chi connectivity index (χ1v) is 7.72. The van der Waals surface area contributed by atoms with Crippen molar-refractivity contribution in [3.05, 3.63) is 24.0 Å². The summed E-state index contributed by atoms with van der Waals surface area (Å²) < 4.78 is 5.21. The lowest BCUT2D eigenvalue weighted by molar-refractivity contribution is 0.0566. The van der Waals surface area contributed by atoms with Crippen LogP contribution in [0.4, 0.5) is 5.69 Å². The van der Waals surface area contributed by atoms with Crippen LogP contribution < -0.4 is 5.32 Å². The fourth-order valence-electron chi connectivity index (χ4n) is 2.68. The monoisotopic (exact) mass is 291 g/mol. The van der Waals surface area contributed by atoms with Gasteiger partial charge in [0.15, 0.2) is 0 Å². The van der Waals surface area contributed by atoms with Crippen LogP contribution >= 0.6 is 0 Å². The Balaban J connectivity index is 1.95. The quantitative estimate of drug-likeness (QED) is 0.874. The van der Waals surface area contributed by atoms with Crippen LogP contribution in [0.2, 0.25) is 0 Å². The van der Waals surface area contributed by atoms with Crippen LogP contribution in [0.15, 0.2) is 18.3 Å². The number of ether oxygens (including phenoxy) is 1. The third-order valence-electron chi connectivity index (χ3n) is 3.77. The summed E-state index contributed by atoms with van der Waals surface area (Å²) in [5.74, 6) is 0.469. The number of anilines is 1. The average Bonchev–Trinajstić information content (AvgIpc) is 2.53. The second kappa shape index (κ2) is 7.98. The van der Waals surface area contributed by atoms with Crippen molar-refractivity contribution in [1.29, 1.82) is 0 Å². The number of nitrogens with one attached hydrogen (secondary N) is 1. The second-order valence-corrected chi connectivity index (χ2v) is 5.57. The van der Waals surface area contributed by atoms with Crippen LogP contribution in [-0.2, 0) is 4.74 Å². The van der Waals surface area contributed by atoms with Gasteiger partial charge in [-0.3, -0.25) is 4.79 Å². The van der Waals surface area contributed by atoms with Crippen LogP contribution in [0.3, 0.4) is 0 Å². The predicted octanol–water partition coefficient (Wildman–Crippen LogP) is 2.40. The number of aromatic nitrogens is 1. The molecule has 1 aromatic heterocycles. The zero-order chi connectivity index (χ0) is 15.1. The topological polar surface area (TPSA) is 54.5 Å². The second-order valence-electron chi connectivity index (χ2n) is 5.57. The van der Waals surface area contributed by atoms with E-state index in [2.05, 4.69) is 17.2 Å². The number of pyridine rings is 1. The molecule has 0 aliphatic carbocycles. The number of amides is 1. The van der Waals surface area contributed by atoms with E-state index in [0.717, 1.165) is 51.2 Å². The normalized spacial score (nSPS) is 18.6. The van der Waals surface area contributed by atoms with E-state index in [-0.39, 0.29) is 5.91 Å². The molecule has 0 spiro atoms. The number of carbonyl (C=O) groups excluding carboxylic acids is 1. The molecule has 2 rings (SSSR count). The molecule has 1 aliphatic rings. The number of carbonyl (C=O) groups is 1. The SMILES string of the molecule is CCCNc1ccc(C(=O)N2CCCC(COC)C2)nc1. The van der Waals surface area contributed by atoms with E-state index in [1.807, 2.05) is 11.0 Å². The van der Waals surface area contributed by atoms with E-state index in [9.17, 15) is 4.79 Å². The van der Waals surface area contributed by atoms with Gasteiger partial charge in [-0.05, 0) is 37.3 Å². The minimum atomic E-state index is 0.0258. The van der Waals surface area contributed by atoms with Gasteiger partial charge in [-0.2, -0.15) is 0 Å². The van der Waals surface area contributed by atoms with Crippen LogP contribution in [0.25, 0.3) is 0 Å².